The summed E-state index contributed by atoms with van der Waals surface area (Å²) in [6.45, 7) is 4.97. The molecule has 0 bridgehead atoms. The third-order valence-electron chi connectivity index (χ3n) is 15.3. The maximum Gasteiger partial charge on any atom is 0.305 e. The summed E-state index contributed by atoms with van der Waals surface area (Å²) in [4.78, 5) is 24.5. The summed E-state index contributed by atoms with van der Waals surface area (Å²) in [5.74, 6) is -0.0278. The number of rotatable bonds is 61. The number of ether oxygens (including phenoxy) is 1. The zero-order valence-corrected chi connectivity index (χ0v) is 48.7. The fourth-order valence-corrected chi connectivity index (χ4v) is 10.3. The number of allylic oxidation sites excluding steroid dienone is 4. The van der Waals surface area contributed by atoms with Crippen LogP contribution in [-0.2, 0) is 14.3 Å². The van der Waals surface area contributed by atoms with Gasteiger partial charge in [-0.15, -0.1) is 0 Å². The summed E-state index contributed by atoms with van der Waals surface area (Å²) >= 11 is 0. The van der Waals surface area contributed by atoms with Crippen molar-refractivity contribution in [1.82, 2.24) is 5.32 Å². The van der Waals surface area contributed by atoms with Gasteiger partial charge in [0, 0.05) is 12.8 Å². The summed E-state index contributed by atoms with van der Waals surface area (Å²) in [5.41, 5.74) is 0. The van der Waals surface area contributed by atoms with Gasteiger partial charge in [0.1, 0.15) is 0 Å². The molecule has 2 unspecified atom stereocenters. The molecule has 0 aliphatic carbocycles. The highest BCUT2D eigenvalue weighted by molar-refractivity contribution is 5.76. The van der Waals surface area contributed by atoms with E-state index in [-0.39, 0.29) is 18.5 Å². The summed E-state index contributed by atoms with van der Waals surface area (Å²) in [6, 6.07) is -0.546. The number of hydrogen-bond donors (Lipinski definition) is 3. The van der Waals surface area contributed by atoms with Crippen LogP contribution in [0.2, 0.25) is 0 Å². The van der Waals surface area contributed by atoms with Gasteiger partial charge in [-0.25, -0.2) is 0 Å². The number of esters is 1. The number of nitrogens with one attached hydrogen (secondary N) is 1. The molecule has 0 radical (unpaired) electrons. The van der Waals surface area contributed by atoms with E-state index < -0.39 is 12.1 Å². The minimum atomic E-state index is -0.668. The van der Waals surface area contributed by atoms with Crippen molar-refractivity contribution in [2.45, 2.75) is 373 Å². The zero-order valence-electron chi connectivity index (χ0n) is 48.7. The Bertz CT molecular complexity index is 1120. The van der Waals surface area contributed by atoms with Gasteiger partial charge in [-0.2, -0.15) is 0 Å². The van der Waals surface area contributed by atoms with Crippen molar-refractivity contribution >= 4 is 11.9 Å². The van der Waals surface area contributed by atoms with E-state index in [0.29, 0.717) is 25.9 Å². The van der Waals surface area contributed by atoms with Crippen molar-refractivity contribution in [1.29, 1.82) is 0 Å². The fourth-order valence-electron chi connectivity index (χ4n) is 10.3. The Hall–Kier alpha value is -1.66. The highest BCUT2D eigenvalue weighted by Crippen LogP contribution is 2.18. The lowest BCUT2D eigenvalue weighted by Crippen LogP contribution is -2.45. The van der Waals surface area contributed by atoms with Gasteiger partial charge in [-0.1, -0.05) is 314 Å². The second kappa shape index (κ2) is 61.9. The first kappa shape index (κ1) is 70.3. The van der Waals surface area contributed by atoms with Crippen LogP contribution in [0.5, 0.6) is 0 Å². The molecule has 0 saturated carbocycles. The van der Waals surface area contributed by atoms with Gasteiger partial charge in [0.2, 0.25) is 5.91 Å². The minimum absolute atomic E-state index is 0.0102. The maximum absolute atomic E-state index is 12.5. The van der Waals surface area contributed by atoms with Crippen molar-refractivity contribution in [2.75, 3.05) is 13.2 Å². The van der Waals surface area contributed by atoms with Crippen LogP contribution in [-0.4, -0.2) is 47.4 Å². The van der Waals surface area contributed by atoms with Gasteiger partial charge >= 0.3 is 5.97 Å². The van der Waals surface area contributed by atoms with E-state index in [1.54, 1.807) is 0 Å². The first-order chi connectivity index (χ1) is 35.5. The molecule has 1 amide bonds. The molecule has 6 nitrogen and oxygen atoms in total. The summed E-state index contributed by atoms with van der Waals surface area (Å²) in [7, 11) is 0. The molecule has 0 aliphatic heterocycles. The normalized spacial score (nSPS) is 12.7. The van der Waals surface area contributed by atoms with Crippen LogP contribution in [0.1, 0.15) is 361 Å². The number of carbonyl (C=O) groups is 2. The standard InChI is InChI=1S/C66H127NO5/c1-3-5-7-9-11-13-15-17-18-19-29-32-35-38-42-46-50-54-58-64(69)63(62-68)67-65(70)59-55-51-47-43-39-36-33-30-27-25-23-21-20-22-24-26-28-31-34-37-41-45-49-53-57-61-72-66(71)60-56-52-48-44-40-16-14-12-10-8-6-4-2/h21-24,63-64,68-69H,3-20,25-62H2,1-2H3,(H,67,70)/b23-21-,24-22-. The smallest absolute Gasteiger partial charge is 0.305 e. The van der Waals surface area contributed by atoms with E-state index in [1.165, 1.54) is 283 Å². The van der Waals surface area contributed by atoms with E-state index in [1.807, 2.05) is 0 Å². The van der Waals surface area contributed by atoms with E-state index >= 15 is 0 Å². The van der Waals surface area contributed by atoms with E-state index in [2.05, 4.69) is 43.5 Å². The van der Waals surface area contributed by atoms with Crippen LogP contribution in [0.25, 0.3) is 0 Å². The van der Waals surface area contributed by atoms with Crippen LogP contribution in [0.15, 0.2) is 24.3 Å². The van der Waals surface area contributed by atoms with Crippen LogP contribution >= 0.6 is 0 Å². The molecule has 0 heterocycles. The number of aliphatic hydroxyl groups is 2. The van der Waals surface area contributed by atoms with Crippen molar-refractivity contribution in [2.24, 2.45) is 0 Å². The van der Waals surface area contributed by atoms with Gasteiger partial charge in [0.15, 0.2) is 0 Å². The Labute approximate surface area is 450 Å². The first-order valence-electron chi connectivity index (χ1n) is 32.6. The molecular formula is C66H127NO5. The number of unbranched alkanes of at least 4 members (excludes halogenated alkanes) is 46. The highest BCUT2D eigenvalue weighted by atomic mass is 16.5. The van der Waals surface area contributed by atoms with Gasteiger partial charge < -0.3 is 20.3 Å². The van der Waals surface area contributed by atoms with Crippen molar-refractivity contribution < 1.29 is 24.5 Å². The molecular weight excluding hydrogens is 887 g/mol. The summed E-state index contributed by atoms with van der Waals surface area (Å²) in [5, 5.41) is 23.3. The Kier molecular flexibility index (Phi) is 60.5. The molecule has 6 heteroatoms. The molecule has 0 aromatic rings. The number of hydrogen-bond acceptors (Lipinski definition) is 5. The van der Waals surface area contributed by atoms with Gasteiger partial charge in [-0.3, -0.25) is 9.59 Å². The molecule has 72 heavy (non-hydrogen) atoms. The van der Waals surface area contributed by atoms with Gasteiger partial charge in [0.05, 0.1) is 25.4 Å². The molecule has 0 aromatic heterocycles. The molecule has 0 spiro atoms. The molecule has 0 aliphatic rings. The van der Waals surface area contributed by atoms with Crippen molar-refractivity contribution in [3.05, 3.63) is 24.3 Å². The van der Waals surface area contributed by atoms with Crippen molar-refractivity contribution in [3.63, 3.8) is 0 Å². The van der Waals surface area contributed by atoms with Gasteiger partial charge in [-0.05, 0) is 57.8 Å². The number of carbonyl (C=O) groups excluding carboxylic acids is 2. The van der Waals surface area contributed by atoms with Crippen LogP contribution in [0.3, 0.4) is 0 Å². The second-order valence-electron chi connectivity index (χ2n) is 22.5. The minimum Gasteiger partial charge on any atom is -0.466 e. The van der Waals surface area contributed by atoms with Crippen molar-refractivity contribution in [3.8, 4) is 0 Å². The molecule has 0 saturated heterocycles. The lowest BCUT2D eigenvalue weighted by molar-refractivity contribution is -0.143. The summed E-state index contributed by atoms with van der Waals surface area (Å²) < 4.78 is 5.47. The summed E-state index contributed by atoms with van der Waals surface area (Å²) in [6.07, 6.45) is 76.3. The highest BCUT2D eigenvalue weighted by Gasteiger charge is 2.20. The molecule has 2 atom stereocenters. The fraction of sp³-hybridized carbons (Fsp3) is 0.909. The van der Waals surface area contributed by atoms with E-state index in [0.717, 1.165) is 44.9 Å². The zero-order chi connectivity index (χ0) is 52.2. The lowest BCUT2D eigenvalue weighted by Gasteiger charge is -2.22. The second-order valence-corrected chi connectivity index (χ2v) is 22.5. The Morgan fingerprint density at radius 2 is 0.694 bits per heavy atom. The van der Waals surface area contributed by atoms with Crippen LogP contribution in [0, 0.1) is 0 Å². The molecule has 0 aromatic carbocycles. The molecule has 3 N–H and O–H groups in total. The molecule has 0 fully saturated rings. The maximum atomic E-state index is 12.5. The average Bonchev–Trinajstić information content (AvgIpc) is 3.38. The third kappa shape index (κ3) is 57.6. The largest absolute Gasteiger partial charge is 0.466 e. The number of amides is 1. The van der Waals surface area contributed by atoms with Crippen LogP contribution < -0.4 is 5.32 Å². The quantitative estimate of drug-likeness (QED) is 0.0320. The lowest BCUT2D eigenvalue weighted by atomic mass is 10.0. The Morgan fingerprint density at radius 3 is 1.06 bits per heavy atom. The molecule has 426 valence electrons. The van der Waals surface area contributed by atoms with E-state index in [9.17, 15) is 19.8 Å². The predicted molar refractivity (Wildman–Crippen MR) is 315 cm³/mol. The monoisotopic (exact) mass is 1010 g/mol. The Morgan fingerprint density at radius 1 is 0.389 bits per heavy atom. The Balaban J connectivity index is 3.43. The van der Waals surface area contributed by atoms with Gasteiger partial charge in [0.25, 0.3) is 0 Å². The van der Waals surface area contributed by atoms with E-state index in [4.69, 9.17) is 4.74 Å². The predicted octanol–water partition coefficient (Wildman–Crippen LogP) is 20.6. The first-order valence-corrected chi connectivity index (χ1v) is 32.6. The SMILES string of the molecule is CCCCCCCCCCCCCCCCCCCCC(O)C(CO)NC(=O)CCCCCCCCCCC/C=C\C/C=C\CCCCCCCCCCCOC(=O)CCCCCCCCCCCCCC. The molecule has 0 rings (SSSR count). The van der Waals surface area contributed by atoms with Crippen LogP contribution in [0.4, 0.5) is 0 Å². The topological polar surface area (TPSA) is 95.9 Å². The number of aliphatic hydroxyl groups excluding tert-OH is 2. The average molecular weight is 1010 g/mol. The third-order valence-corrected chi connectivity index (χ3v) is 15.3.